The number of carbonyl (C=O) groups is 3. The Morgan fingerprint density at radius 2 is 2.31 bits per heavy atom. The minimum atomic E-state index is -1.08. The number of Topliss-reactive ketones (excluding diaryl/α,β-unsaturated/α-hetero) is 1. The molecule has 0 aromatic carbocycles. The number of amides is 2. The van der Waals surface area contributed by atoms with Gasteiger partial charge in [-0.15, -0.1) is 0 Å². The van der Waals surface area contributed by atoms with Crippen LogP contribution in [0.1, 0.15) is 6.42 Å². The second-order valence-corrected chi connectivity index (χ2v) is 2.86. The van der Waals surface area contributed by atoms with Gasteiger partial charge >= 0.3 is 0 Å². The van der Waals surface area contributed by atoms with Crippen molar-refractivity contribution in [3.8, 4) is 0 Å². The highest BCUT2D eigenvalue weighted by Gasteiger charge is 2.38. The van der Waals surface area contributed by atoms with E-state index in [2.05, 4.69) is 0 Å². The van der Waals surface area contributed by atoms with E-state index in [9.17, 15) is 14.4 Å². The van der Waals surface area contributed by atoms with Crippen LogP contribution in [0.15, 0.2) is 0 Å². The molecule has 0 spiro atoms. The van der Waals surface area contributed by atoms with E-state index in [1.54, 1.807) is 0 Å². The third kappa shape index (κ3) is 1.90. The Morgan fingerprint density at radius 3 is 2.69 bits per heavy atom. The number of ketones is 1. The van der Waals surface area contributed by atoms with Crippen LogP contribution in [0.25, 0.3) is 0 Å². The second-order valence-electron chi connectivity index (χ2n) is 2.86. The van der Waals surface area contributed by atoms with E-state index >= 15 is 0 Å². The summed E-state index contributed by atoms with van der Waals surface area (Å²) in [6.45, 7) is -0.517. The predicted molar refractivity (Wildman–Crippen MR) is 41.3 cm³/mol. The van der Waals surface area contributed by atoms with Crippen molar-refractivity contribution in [2.45, 2.75) is 12.5 Å². The number of aliphatic hydroxyl groups excluding tert-OH is 1. The first-order chi connectivity index (χ1) is 6.06. The number of hydrogen-bond acceptors (Lipinski definition) is 5. The average molecular weight is 186 g/mol. The standard InChI is InChI=1S/C7H10N2O4/c8-4(2-10)6(12)3-1-5(11)9-7(3)13/h3-4,10H,1-2,8H2,(H,9,11,13). The van der Waals surface area contributed by atoms with Gasteiger partial charge in [-0.1, -0.05) is 0 Å². The van der Waals surface area contributed by atoms with Gasteiger partial charge in [0.25, 0.3) is 0 Å². The van der Waals surface area contributed by atoms with Crippen molar-refractivity contribution in [3.05, 3.63) is 0 Å². The summed E-state index contributed by atoms with van der Waals surface area (Å²) in [5.41, 5.74) is 5.21. The molecule has 72 valence electrons. The zero-order valence-electron chi connectivity index (χ0n) is 6.82. The third-order valence-electron chi connectivity index (χ3n) is 1.87. The van der Waals surface area contributed by atoms with Crippen molar-refractivity contribution in [3.63, 3.8) is 0 Å². The van der Waals surface area contributed by atoms with E-state index < -0.39 is 36.2 Å². The van der Waals surface area contributed by atoms with E-state index in [0.717, 1.165) is 0 Å². The van der Waals surface area contributed by atoms with Crippen molar-refractivity contribution in [2.24, 2.45) is 11.7 Å². The number of hydrogen-bond donors (Lipinski definition) is 3. The molecule has 1 fully saturated rings. The van der Waals surface area contributed by atoms with Crippen LogP contribution in [-0.2, 0) is 14.4 Å². The van der Waals surface area contributed by atoms with Crippen molar-refractivity contribution < 1.29 is 19.5 Å². The zero-order valence-corrected chi connectivity index (χ0v) is 6.82. The van der Waals surface area contributed by atoms with Crippen molar-refractivity contribution >= 4 is 17.6 Å². The molecule has 1 saturated heterocycles. The lowest BCUT2D eigenvalue weighted by Gasteiger charge is -2.09. The number of aliphatic hydroxyl groups is 1. The number of carbonyl (C=O) groups excluding carboxylic acids is 3. The van der Waals surface area contributed by atoms with Gasteiger partial charge in [0, 0.05) is 6.42 Å². The van der Waals surface area contributed by atoms with Gasteiger partial charge < -0.3 is 10.8 Å². The number of rotatable bonds is 3. The van der Waals surface area contributed by atoms with E-state index in [0.29, 0.717) is 0 Å². The number of nitrogens with one attached hydrogen (secondary N) is 1. The minimum Gasteiger partial charge on any atom is -0.394 e. The Balaban J connectivity index is 2.67. The summed E-state index contributed by atoms with van der Waals surface area (Å²) in [7, 11) is 0. The SMILES string of the molecule is NC(CO)C(=O)C1CC(=O)NC1=O. The van der Waals surface area contributed by atoms with Gasteiger partial charge in [-0.05, 0) is 0 Å². The molecule has 2 unspecified atom stereocenters. The minimum absolute atomic E-state index is 0.161. The zero-order chi connectivity index (χ0) is 10.0. The number of imide groups is 1. The normalized spacial score (nSPS) is 24.3. The molecule has 2 atom stereocenters. The summed E-state index contributed by atoms with van der Waals surface area (Å²) in [5, 5.41) is 10.5. The van der Waals surface area contributed by atoms with Crippen LogP contribution in [0.4, 0.5) is 0 Å². The summed E-state index contributed by atoms with van der Waals surface area (Å²) in [4.78, 5) is 32.9. The highest BCUT2D eigenvalue weighted by atomic mass is 16.3. The molecule has 1 aliphatic rings. The van der Waals surface area contributed by atoms with Crippen LogP contribution in [0.5, 0.6) is 0 Å². The van der Waals surface area contributed by atoms with Gasteiger partial charge in [0.2, 0.25) is 11.8 Å². The van der Waals surface area contributed by atoms with Crippen molar-refractivity contribution in [1.82, 2.24) is 5.32 Å². The summed E-state index contributed by atoms with van der Waals surface area (Å²) < 4.78 is 0. The molecule has 0 aromatic rings. The number of nitrogens with two attached hydrogens (primary N) is 1. The molecule has 6 heteroatoms. The van der Waals surface area contributed by atoms with Gasteiger partial charge in [0.1, 0.15) is 5.92 Å². The Kier molecular flexibility index (Phi) is 2.74. The molecular weight excluding hydrogens is 176 g/mol. The molecule has 0 aromatic heterocycles. The van der Waals surface area contributed by atoms with Gasteiger partial charge in [0.05, 0.1) is 12.6 Å². The second kappa shape index (κ2) is 3.63. The van der Waals surface area contributed by atoms with Crippen LogP contribution in [-0.4, -0.2) is 35.4 Å². The Bertz CT molecular complexity index is 263. The predicted octanol–water partition coefficient (Wildman–Crippen LogP) is -2.46. The first-order valence-corrected chi connectivity index (χ1v) is 3.80. The van der Waals surface area contributed by atoms with Crippen molar-refractivity contribution in [1.29, 1.82) is 0 Å². The third-order valence-corrected chi connectivity index (χ3v) is 1.87. The molecule has 1 aliphatic heterocycles. The average Bonchev–Trinajstić information content (AvgIpc) is 2.42. The fourth-order valence-corrected chi connectivity index (χ4v) is 1.13. The molecule has 0 radical (unpaired) electrons. The van der Waals surface area contributed by atoms with Crippen LogP contribution in [0.2, 0.25) is 0 Å². The fourth-order valence-electron chi connectivity index (χ4n) is 1.13. The molecule has 1 heterocycles. The lowest BCUT2D eigenvalue weighted by atomic mass is 9.97. The monoisotopic (exact) mass is 186 g/mol. The van der Waals surface area contributed by atoms with Crippen molar-refractivity contribution in [2.75, 3.05) is 6.61 Å². The van der Waals surface area contributed by atoms with Gasteiger partial charge in [-0.25, -0.2) is 0 Å². The summed E-state index contributed by atoms with van der Waals surface area (Å²) in [6.07, 6.45) is -0.161. The van der Waals surface area contributed by atoms with E-state index in [1.807, 2.05) is 5.32 Å². The van der Waals surface area contributed by atoms with Crippen LogP contribution in [0.3, 0.4) is 0 Å². The maximum atomic E-state index is 11.2. The highest BCUT2D eigenvalue weighted by molar-refractivity contribution is 6.15. The molecule has 1 rings (SSSR count). The molecule has 4 N–H and O–H groups in total. The van der Waals surface area contributed by atoms with Crippen LogP contribution < -0.4 is 11.1 Å². The molecule has 0 aliphatic carbocycles. The fraction of sp³-hybridized carbons (Fsp3) is 0.571. The van der Waals surface area contributed by atoms with E-state index in [-0.39, 0.29) is 6.42 Å². The maximum absolute atomic E-state index is 11.2. The summed E-state index contributed by atoms with van der Waals surface area (Å²) >= 11 is 0. The smallest absolute Gasteiger partial charge is 0.237 e. The lowest BCUT2D eigenvalue weighted by molar-refractivity contribution is -0.132. The Hall–Kier alpha value is -1.27. The van der Waals surface area contributed by atoms with E-state index in [4.69, 9.17) is 10.8 Å². The quantitative estimate of drug-likeness (QED) is 0.334. The first-order valence-electron chi connectivity index (χ1n) is 3.80. The maximum Gasteiger partial charge on any atom is 0.237 e. The Morgan fingerprint density at radius 1 is 1.69 bits per heavy atom. The summed E-state index contributed by atoms with van der Waals surface area (Å²) in [6, 6.07) is -1.08. The molecule has 13 heavy (non-hydrogen) atoms. The van der Waals surface area contributed by atoms with Crippen LogP contribution in [0, 0.1) is 5.92 Å². The topological polar surface area (TPSA) is 109 Å². The van der Waals surface area contributed by atoms with Crippen LogP contribution >= 0.6 is 0 Å². The molecular formula is C7H10N2O4. The first kappa shape index (κ1) is 9.82. The largest absolute Gasteiger partial charge is 0.394 e. The Labute approximate surface area is 74.1 Å². The molecule has 2 amide bonds. The van der Waals surface area contributed by atoms with Gasteiger partial charge in [0.15, 0.2) is 5.78 Å². The van der Waals surface area contributed by atoms with Gasteiger partial charge in [-0.2, -0.15) is 0 Å². The lowest BCUT2D eigenvalue weighted by Crippen LogP contribution is -2.41. The summed E-state index contributed by atoms with van der Waals surface area (Å²) in [5.74, 6) is -2.71. The van der Waals surface area contributed by atoms with Gasteiger partial charge in [-0.3, -0.25) is 19.7 Å². The molecule has 6 nitrogen and oxygen atoms in total. The van der Waals surface area contributed by atoms with E-state index in [1.165, 1.54) is 0 Å². The highest BCUT2D eigenvalue weighted by Crippen LogP contribution is 2.12. The molecule has 0 bridgehead atoms. The molecule has 0 saturated carbocycles.